The number of aromatic nitrogens is 8. The second kappa shape index (κ2) is 58.2. The van der Waals surface area contributed by atoms with E-state index in [1.165, 1.54) is 0 Å². The molecule has 0 aliphatic heterocycles. The van der Waals surface area contributed by atoms with Gasteiger partial charge in [-0.25, -0.2) is 74.5 Å². The number of halogens is 4. The number of hydrogen-bond acceptors (Lipinski definition) is 32. The summed E-state index contributed by atoms with van der Waals surface area (Å²) in [6.45, 7) is 2.10. The van der Waals surface area contributed by atoms with Gasteiger partial charge in [0.1, 0.15) is 0 Å². The van der Waals surface area contributed by atoms with Gasteiger partial charge in [0.05, 0.1) is 45.6 Å². The van der Waals surface area contributed by atoms with Crippen molar-refractivity contribution in [2.75, 3.05) is 52.5 Å². The molecule has 0 saturated heterocycles. The Hall–Kier alpha value is -5.42. The number of hydrogen-bond donors (Lipinski definition) is 2. The van der Waals surface area contributed by atoms with Crippen LogP contribution in [0.4, 0.5) is 0 Å². The molecular weight excluding hydrogens is 1510 g/mol. The predicted molar refractivity (Wildman–Crippen MR) is 259 cm³/mol. The van der Waals surface area contributed by atoms with E-state index >= 15 is 0 Å². The Morgan fingerprint density at radius 3 is 0.554 bits per heavy atom. The molecule has 0 aromatic carbocycles. The molecule has 32 nitrogen and oxygen atoms in total. The zero-order valence-electron chi connectivity index (χ0n) is 46.9. The average molecular weight is 1560 g/mol. The summed E-state index contributed by atoms with van der Waals surface area (Å²) >= 11 is 0. The maximum absolute atomic E-state index is 11.3. The number of pyridine rings is 8. The van der Waals surface area contributed by atoms with E-state index in [1.54, 1.807) is 49.6 Å². The number of nitrogens with one attached hydrogen (secondary N) is 2. The molecule has 0 saturated carbocycles. The van der Waals surface area contributed by atoms with Gasteiger partial charge in [0.25, 0.3) is 0 Å². The van der Waals surface area contributed by atoms with Crippen LogP contribution in [0.15, 0.2) is 205 Å². The van der Waals surface area contributed by atoms with Gasteiger partial charge >= 0.3 is 68.3 Å². The van der Waals surface area contributed by atoms with Crippen LogP contribution in [0.2, 0.25) is 0 Å². The normalized spacial score (nSPS) is 10.5. The molecule has 0 amide bonds. The van der Waals surface area contributed by atoms with Crippen LogP contribution in [0.1, 0.15) is 12.8 Å². The standard InChI is InChI=1S/C12H24N4O4.4C10H8N2.4ClHO4.4Cu/c17-9-7-13-3-1-5-15-11(19)12(20)16-6-2-4-14-8-10-18;4*1-3-7-11-9(5-1)10-6-2-4-8-12-10;4*2-1(3,4)5;;;;/h13-14H,1-10H2,(H,15,19)(H,16,20);4*1-8H;4*(H,2,3,4,5);;;;/q-2;;;;;;;;;4*+2/p-6. The molecule has 2 N–H and O–H groups in total. The Balaban J connectivity index is -0.000000318. The smallest absolute Gasteiger partial charge is 0.858 e. The number of nitrogens with zero attached hydrogens (tertiary/aromatic N) is 10. The molecule has 8 rings (SSSR count). The Kier molecular flexibility index (Phi) is 60.3. The maximum atomic E-state index is 11.3. The zero-order chi connectivity index (χ0) is 66.0. The van der Waals surface area contributed by atoms with E-state index < -0.39 is 52.8 Å². The summed E-state index contributed by atoms with van der Waals surface area (Å²) < 4.78 is 136. The summed E-state index contributed by atoms with van der Waals surface area (Å²) in [5, 5.41) is 48.5. The molecule has 0 spiro atoms. The second-order valence-corrected chi connectivity index (χ2v) is 18.2. The van der Waals surface area contributed by atoms with Gasteiger partial charge in [-0.3, -0.25) is 39.9 Å². The van der Waals surface area contributed by atoms with E-state index in [4.69, 9.17) is 74.5 Å². The van der Waals surface area contributed by atoms with Crippen molar-refractivity contribution in [1.82, 2.24) is 50.5 Å². The summed E-state index contributed by atoms with van der Waals surface area (Å²) in [5.74, 6) is -1.66. The third-order valence-corrected chi connectivity index (χ3v) is 8.64. The molecule has 92 heavy (non-hydrogen) atoms. The van der Waals surface area contributed by atoms with Crippen molar-refractivity contribution in [1.29, 1.82) is 0 Å². The number of rotatable bonds is 16. The first kappa shape index (κ1) is 95.3. The van der Waals surface area contributed by atoms with Gasteiger partial charge in [0.2, 0.25) is 0 Å². The second-order valence-electron chi connectivity index (χ2n) is 15.2. The van der Waals surface area contributed by atoms with Crippen molar-refractivity contribution in [3.05, 3.63) is 195 Å². The molecule has 0 bridgehead atoms. The van der Waals surface area contributed by atoms with Gasteiger partial charge in [0, 0.05) is 62.7 Å². The van der Waals surface area contributed by atoms with Crippen LogP contribution in [0.3, 0.4) is 0 Å². The Labute approximate surface area is 578 Å². The van der Waals surface area contributed by atoms with Gasteiger partial charge in [-0.05, 0) is 148 Å². The predicted octanol–water partition coefficient (Wildman–Crippen LogP) is -15.3. The molecule has 8 heterocycles. The van der Waals surface area contributed by atoms with Crippen molar-refractivity contribution in [2.45, 2.75) is 12.8 Å². The topological polar surface area (TPSA) is 613 Å². The monoisotopic (exact) mass is 1560 g/mol. The third kappa shape index (κ3) is 66.0. The van der Waals surface area contributed by atoms with Gasteiger partial charge in [-0.1, -0.05) is 48.5 Å². The molecule has 4 radical (unpaired) electrons. The Bertz CT molecular complexity index is 2420. The summed E-state index contributed by atoms with van der Waals surface area (Å²) in [6, 6.07) is 46.4. The molecule has 0 aliphatic carbocycles. The first-order valence-corrected chi connectivity index (χ1v) is 29.3. The van der Waals surface area contributed by atoms with E-state index in [2.05, 4.69) is 60.5 Å². The Morgan fingerprint density at radius 1 is 0.283 bits per heavy atom. The van der Waals surface area contributed by atoms with Crippen molar-refractivity contribution in [3.8, 4) is 45.6 Å². The minimum atomic E-state index is -4.94. The number of aliphatic imine (C=N–C) groups is 2. The van der Waals surface area contributed by atoms with Gasteiger partial charge < -0.3 is 41.0 Å². The zero-order valence-corrected chi connectivity index (χ0v) is 53.7. The van der Waals surface area contributed by atoms with Crippen LogP contribution >= 0.6 is 0 Å². The minimum absolute atomic E-state index is 0. The van der Waals surface area contributed by atoms with Gasteiger partial charge in [-0.2, -0.15) is 0 Å². The van der Waals surface area contributed by atoms with E-state index in [9.17, 15) is 20.4 Å². The quantitative estimate of drug-likeness (QED) is 0.0392. The third-order valence-electron chi connectivity index (χ3n) is 8.64. The molecule has 0 atom stereocenters. The van der Waals surface area contributed by atoms with Gasteiger partial charge in [0.15, 0.2) is 0 Å². The van der Waals surface area contributed by atoms with E-state index in [-0.39, 0.29) is 94.6 Å². The molecule has 8 aromatic rings. The minimum Gasteiger partial charge on any atom is -0.858 e. The van der Waals surface area contributed by atoms with Crippen molar-refractivity contribution in [2.24, 2.45) is 9.98 Å². The van der Waals surface area contributed by atoms with Gasteiger partial charge in [-0.15, -0.1) is 54.2 Å². The van der Waals surface area contributed by atoms with Crippen molar-refractivity contribution in [3.63, 3.8) is 0 Å². The summed E-state index contributed by atoms with van der Waals surface area (Å²) in [6.07, 6.45) is 15.3. The van der Waals surface area contributed by atoms with Crippen molar-refractivity contribution < 1.29 is 204 Å². The first-order chi connectivity index (χ1) is 41.6. The van der Waals surface area contributed by atoms with E-state index in [1.807, 2.05) is 146 Å². The fraction of sp³-hybridized carbons (Fsp3) is 0.192. The van der Waals surface area contributed by atoms with Crippen LogP contribution in [-0.2, 0) is 68.3 Å². The first-order valence-electron chi connectivity index (χ1n) is 24.4. The van der Waals surface area contributed by atoms with Crippen LogP contribution in [-0.4, -0.2) is 104 Å². The van der Waals surface area contributed by atoms with Crippen LogP contribution < -0.4 is 106 Å². The fourth-order valence-electron chi connectivity index (χ4n) is 5.41. The van der Waals surface area contributed by atoms with Crippen LogP contribution in [0, 0.1) is 41.0 Å². The summed E-state index contributed by atoms with van der Waals surface area (Å²) in [7, 11) is -19.8. The van der Waals surface area contributed by atoms with Crippen molar-refractivity contribution >= 4 is 11.8 Å². The molecule has 0 fully saturated rings. The van der Waals surface area contributed by atoms with E-state index in [0.717, 1.165) is 45.6 Å². The molecule has 8 aromatic heterocycles. The molecular formula is C52H54Cl4Cu4N12O20. The molecule has 514 valence electrons. The molecule has 0 unspecified atom stereocenters. The molecule has 40 heteroatoms. The SMILES string of the molecule is [Cu+2].[Cu+2].[Cu+2].[Cu+2].[O-]CCNCCCN=C([O-])C([O-])=NCCCNCC[O-].[O-][Cl+3]([O-])([O-])[O-].[O-][Cl+3]([O-])([O-])[O-].[O-][Cl+3]([O-])([O-])[O-].[O-][Cl+3]([O-])([O-])[O-].c1ccc(-c2ccccn2)nc1.c1ccc(-c2ccccn2)nc1.c1ccc(-c2ccccn2)nc1.c1ccc(-c2ccccn2)nc1. The average Bonchev–Trinajstić information content (AvgIpc) is 1.28. The largest absolute Gasteiger partial charge is 2.00 e. The van der Waals surface area contributed by atoms with E-state index in [0.29, 0.717) is 39.0 Å². The maximum Gasteiger partial charge on any atom is 2.00 e. The molecule has 0 aliphatic rings. The van der Waals surface area contributed by atoms with Crippen LogP contribution in [0.25, 0.3) is 45.6 Å². The van der Waals surface area contributed by atoms with Crippen LogP contribution in [0.5, 0.6) is 0 Å². The fourth-order valence-corrected chi connectivity index (χ4v) is 5.41. The summed E-state index contributed by atoms with van der Waals surface area (Å²) in [5.41, 5.74) is 7.32. The summed E-state index contributed by atoms with van der Waals surface area (Å²) in [4.78, 5) is 40.7. The Morgan fingerprint density at radius 2 is 0.435 bits per heavy atom.